The Labute approximate surface area is 114 Å². The van der Waals surface area contributed by atoms with Crippen molar-refractivity contribution in [1.29, 1.82) is 0 Å². The number of rotatable bonds is 3. The molecule has 1 aliphatic heterocycles. The molecule has 0 saturated heterocycles. The molecule has 0 aliphatic carbocycles. The largest absolute Gasteiger partial charge is 0.492 e. The first-order valence-electron chi connectivity index (χ1n) is 6.06. The van der Waals surface area contributed by atoms with E-state index >= 15 is 0 Å². The highest BCUT2D eigenvalue weighted by atomic mass is 35.5. The van der Waals surface area contributed by atoms with Crippen molar-refractivity contribution >= 4 is 24.0 Å². The van der Waals surface area contributed by atoms with Gasteiger partial charge in [0, 0.05) is 30.8 Å². The first-order valence-corrected chi connectivity index (χ1v) is 6.06. The Hall–Kier alpha value is -1.26. The number of carbonyl (C=O) groups is 1. The molecule has 2 N–H and O–H groups in total. The van der Waals surface area contributed by atoms with Crippen LogP contribution in [0.2, 0.25) is 0 Å². The van der Waals surface area contributed by atoms with Crippen LogP contribution in [0.1, 0.15) is 25.3 Å². The summed E-state index contributed by atoms with van der Waals surface area (Å²) in [6.45, 7) is 4.32. The van der Waals surface area contributed by atoms with Gasteiger partial charge in [-0.1, -0.05) is 6.92 Å². The highest BCUT2D eigenvalue weighted by Crippen LogP contribution is 2.24. The molecule has 4 nitrogen and oxygen atoms in total. The van der Waals surface area contributed by atoms with Gasteiger partial charge in [-0.2, -0.15) is 0 Å². The topological polar surface area (TPSA) is 50.4 Å². The summed E-state index contributed by atoms with van der Waals surface area (Å²) in [6, 6.07) is 5.78. The average molecular weight is 271 g/mol. The highest BCUT2D eigenvalue weighted by Gasteiger charge is 2.09. The fraction of sp³-hybridized carbons (Fsp3) is 0.462. The Morgan fingerprint density at radius 3 is 3.11 bits per heavy atom. The second-order valence-electron chi connectivity index (χ2n) is 4.15. The van der Waals surface area contributed by atoms with Crippen LogP contribution in [-0.2, 0) is 11.3 Å². The van der Waals surface area contributed by atoms with E-state index in [9.17, 15) is 4.79 Å². The molecule has 0 aromatic heterocycles. The lowest BCUT2D eigenvalue weighted by atomic mass is 10.1. The normalized spacial score (nSPS) is 13.6. The summed E-state index contributed by atoms with van der Waals surface area (Å²) in [5.41, 5.74) is 1.94. The molecule has 18 heavy (non-hydrogen) atoms. The number of hydrogen-bond acceptors (Lipinski definition) is 3. The van der Waals surface area contributed by atoms with Crippen LogP contribution in [-0.4, -0.2) is 19.1 Å². The first-order chi connectivity index (χ1) is 8.29. The molecule has 1 aromatic carbocycles. The molecule has 5 heteroatoms. The zero-order valence-electron chi connectivity index (χ0n) is 10.5. The molecule has 1 heterocycles. The number of hydrogen-bond donors (Lipinski definition) is 2. The molecule has 0 atom stereocenters. The number of carbonyl (C=O) groups excluding carboxylic acids is 1. The lowest BCUT2D eigenvalue weighted by Gasteiger charge is -2.09. The second-order valence-corrected chi connectivity index (χ2v) is 4.15. The maximum Gasteiger partial charge on any atom is 0.224 e. The number of benzene rings is 1. The van der Waals surface area contributed by atoms with E-state index in [0.29, 0.717) is 13.0 Å². The summed E-state index contributed by atoms with van der Waals surface area (Å²) in [5.74, 6) is 0.971. The van der Waals surface area contributed by atoms with Gasteiger partial charge >= 0.3 is 0 Å². The number of ether oxygens (including phenoxy) is 1. The Bertz CT molecular complexity index is 410. The molecule has 0 bridgehead atoms. The van der Waals surface area contributed by atoms with Gasteiger partial charge in [0.2, 0.25) is 5.91 Å². The van der Waals surface area contributed by atoms with Gasteiger partial charge in [-0.25, -0.2) is 0 Å². The third-order valence-corrected chi connectivity index (χ3v) is 2.67. The number of halogens is 1. The average Bonchev–Trinajstić information content (AvgIpc) is 2.53. The Morgan fingerprint density at radius 2 is 2.33 bits per heavy atom. The van der Waals surface area contributed by atoms with Crippen LogP contribution >= 0.6 is 12.4 Å². The van der Waals surface area contributed by atoms with Gasteiger partial charge in [0.25, 0.3) is 0 Å². The van der Waals surface area contributed by atoms with Crippen molar-refractivity contribution in [1.82, 2.24) is 5.32 Å². The monoisotopic (exact) mass is 270 g/mol. The molecule has 0 unspecified atom stereocenters. The van der Waals surface area contributed by atoms with Gasteiger partial charge in [0.05, 0.1) is 0 Å². The van der Waals surface area contributed by atoms with Gasteiger partial charge in [0.15, 0.2) is 0 Å². The molecule has 0 spiro atoms. The van der Waals surface area contributed by atoms with Crippen molar-refractivity contribution in [2.24, 2.45) is 0 Å². The van der Waals surface area contributed by atoms with E-state index in [4.69, 9.17) is 4.74 Å². The lowest BCUT2D eigenvalue weighted by Crippen LogP contribution is -2.16. The van der Waals surface area contributed by atoms with Crippen LogP contribution in [0.15, 0.2) is 18.2 Å². The van der Waals surface area contributed by atoms with Crippen LogP contribution in [0.3, 0.4) is 0 Å². The van der Waals surface area contributed by atoms with Crippen LogP contribution < -0.4 is 15.4 Å². The Balaban J connectivity index is 0.00000162. The van der Waals surface area contributed by atoms with Crippen molar-refractivity contribution in [2.45, 2.75) is 26.3 Å². The smallest absolute Gasteiger partial charge is 0.224 e. The van der Waals surface area contributed by atoms with Crippen LogP contribution in [0.25, 0.3) is 0 Å². The van der Waals surface area contributed by atoms with Gasteiger partial charge in [0.1, 0.15) is 12.4 Å². The van der Waals surface area contributed by atoms with Crippen molar-refractivity contribution in [3.8, 4) is 5.75 Å². The molecule has 2 rings (SSSR count). The van der Waals surface area contributed by atoms with Gasteiger partial charge in [-0.05, 0) is 24.6 Å². The quantitative estimate of drug-likeness (QED) is 0.886. The number of anilines is 1. The van der Waals surface area contributed by atoms with E-state index in [2.05, 4.69) is 10.6 Å². The minimum atomic E-state index is 0. The van der Waals surface area contributed by atoms with Crippen LogP contribution in [0.5, 0.6) is 5.75 Å². The van der Waals surface area contributed by atoms with Gasteiger partial charge < -0.3 is 15.4 Å². The Morgan fingerprint density at radius 1 is 1.50 bits per heavy atom. The fourth-order valence-electron chi connectivity index (χ4n) is 1.84. The molecule has 0 fully saturated rings. The second kappa shape index (κ2) is 7.24. The third kappa shape index (κ3) is 3.89. The van der Waals surface area contributed by atoms with E-state index in [1.165, 1.54) is 0 Å². The lowest BCUT2D eigenvalue weighted by molar-refractivity contribution is -0.116. The molecule has 1 aromatic rings. The molecule has 100 valence electrons. The molecule has 1 amide bonds. The number of fused-ring (bicyclic) bond motifs is 1. The third-order valence-electron chi connectivity index (χ3n) is 2.67. The summed E-state index contributed by atoms with van der Waals surface area (Å²) < 4.78 is 5.58. The van der Waals surface area contributed by atoms with E-state index in [-0.39, 0.29) is 18.3 Å². The predicted molar refractivity (Wildman–Crippen MR) is 74.4 cm³/mol. The zero-order valence-corrected chi connectivity index (χ0v) is 11.3. The molecular weight excluding hydrogens is 252 g/mol. The van der Waals surface area contributed by atoms with Crippen molar-refractivity contribution in [3.63, 3.8) is 0 Å². The van der Waals surface area contributed by atoms with E-state index in [1.807, 2.05) is 25.1 Å². The van der Waals surface area contributed by atoms with Crippen LogP contribution in [0.4, 0.5) is 5.69 Å². The first kappa shape index (κ1) is 14.8. The summed E-state index contributed by atoms with van der Waals surface area (Å²) in [7, 11) is 0. The van der Waals surface area contributed by atoms with Gasteiger partial charge in [-0.15, -0.1) is 12.4 Å². The maximum absolute atomic E-state index is 11.5. The number of amides is 1. The maximum atomic E-state index is 11.5. The molecule has 1 aliphatic rings. The predicted octanol–water partition coefficient (Wildman–Crippen LogP) is 2.33. The Kier molecular flexibility index (Phi) is 5.95. The minimum Gasteiger partial charge on any atom is -0.492 e. The zero-order chi connectivity index (χ0) is 12.1. The van der Waals surface area contributed by atoms with E-state index in [0.717, 1.165) is 36.5 Å². The summed E-state index contributed by atoms with van der Waals surface area (Å²) in [6.07, 6.45) is 1.42. The summed E-state index contributed by atoms with van der Waals surface area (Å²) in [4.78, 5) is 11.5. The summed E-state index contributed by atoms with van der Waals surface area (Å²) in [5, 5.41) is 6.16. The summed E-state index contributed by atoms with van der Waals surface area (Å²) >= 11 is 0. The number of nitrogens with one attached hydrogen (secondary N) is 2. The molecule has 0 radical (unpaired) electrons. The van der Waals surface area contributed by atoms with Crippen LogP contribution in [0, 0.1) is 0 Å². The fourth-order valence-corrected chi connectivity index (χ4v) is 1.84. The highest BCUT2D eigenvalue weighted by molar-refractivity contribution is 5.90. The standard InChI is InChI=1S/C13H18N2O2.ClH/c1-2-3-13(16)15-11-4-5-12-10(8-11)9-14-6-7-17-12;/h4-5,8,14H,2-3,6-7,9H2,1H3,(H,15,16);1H. The van der Waals surface area contributed by atoms with E-state index < -0.39 is 0 Å². The molecule has 0 saturated carbocycles. The van der Waals surface area contributed by atoms with Crippen molar-refractivity contribution in [2.75, 3.05) is 18.5 Å². The SMILES string of the molecule is CCCC(=O)Nc1ccc2c(c1)CNCCO2.Cl. The van der Waals surface area contributed by atoms with E-state index in [1.54, 1.807) is 0 Å². The minimum absolute atomic E-state index is 0. The molecular formula is C13H19ClN2O2. The van der Waals surface area contributed by atoms with Gasteiger partial charge in [-0.3, -0.25) is 4.79 Å². The van der Waals surface area contributed by atoms with Crippen molar-refractivity contribution in [3.05, 3.63) is 23.8 Å². The van der Waals surface area contributed by atoms with Crippen molar-refractivity contribution < 1.29 is 9.53 Å².